The summed E-state index contributed by atoms with van der Waals surface area (Å²) in [4.78, 5) is 2.23. The van der Waals surface area contributed by atoms with Crippen molar-refractivity contribution < 1.29 is 17.2 Å². The number of benzene rings is 1. The highest BCUT2D eigenvalue weighted by Crippen LogP contribution is 2.27. The molecule has 0 atom stereocenters. The van der Waals surface area contributed by atoms with E-state index in [1.54, 1.807) is 0 Å². The molecule has 0 aliphatic heterocycles. The molecule has 0 fully saturated rings. The van der Waals surface area contributed by atoms with Gasteiger partial charge < -0.3 is 4.98 Å². The lowest BCUT2D eigenvalue weighted by Gasteiger charge is -1.95. The molecule has 2 aromatic rings. The predicted molar refractivity (Wildman–Crippen MR) is 51.3 cm³/mol. The molecule has 0 unspecified atom stereocenters. The standard InChI is InChI=1S/C8H4ClF2NO2S/c9-15(13,14)8-3-12-7-2-6(11)5(10)1-4(7)8/h1-3,12H. The summed E-state index contributed by atoms with van der Waals surface area (Å²) in [7, 11) is 1.14. The van der Waals surface area contributed by atoms with Crippen LogP contribution in [0.3, 0.4) is 0 Å². The van der Waals surface area contributed by atoms with Crippen LogP contribution in [0, 0.1) is 11.6 Å². The summed E-state index contributed by atoms with van der Waals surface area (Å²) in [6.45, 7) is 0. The van der Waals surface area contributed by atoms with Crippen molar-refractivity contribution in [2.45, 2.75) is 4.90 Å². The summed E-state index contributed by atoms with van der Waals surface area (Å²) in [6.07, 6.45) is 1.09. The largest absolute Gasteiger partial charge is 0.360 e. The molecule has 2 rings (SSSR count). The summed E-state index contributed by atoms with van der Waals surface area (Å²) in [5.41, 5.74) is 0.174. The maximum absolute atomic E-state index is 12.9. The average Bonchev–Trinajstić information content (AvgIpc) is 2.47. The monoisotopic (exact) mass is 251 g/mol. The average molecular weight is 252 g/mol. The van der Waals surface area contributed by atoms with Crippen LogP contribution in [0.25, 0.3) is 10.9 Å². The summed E-state index contributed by atoms with van der Waals surface area (Å²) < 4.78 is 47.7. The topological polar surface area (TPSA) is 49.9 Å². The third-order valence-electron chi connectivity index (χ3n) is 1.95. The van der Waals surface area contributed by atoms with Crippen LogP contribution in [0.5, 0.6) is 0 Å². The predicted octanol–water partition coefficient (Wildman–Crippen LogP) is 2.37. The van der Waals surface area contributed by atoms with Crippen molar-refractivity contribution in [1.29, 1.82) is 0 Å². The van der Waals surface area contributed by atoms with Gasteiger partial charge in [0.25, 0.3) is 9.05 Å². The van der Waals surface area contributed by atoms with Gasteiger partial charge in [0.05, 0.1) is 0 Å². The molecule has 1 aromatic heterocycles. The Morgan fingerprint density at radius 1 is 1.20 bits per heavy atom. The Morgan fingerprint density at radius 2 is 1.80 bits per heavy atom. The molecule has 0 spiro atoms. The van der Waals surface area contributed by atoms with Crippen molar-refractivity contribution >= 4 is 30.6 Å². The van der Waals surface area contributed by atoms with E-state index in [2.05, 4.69) is 4.98 Å². The maximum Gasteiger partial charge on any atom is 0.263 e. The third-order valence-corrected chi connectivity index (χ3v) is 3.31. The van der Waals surface area contributed by atoms with Gasteiger partial charge in [-0.05, 0) is 6.07 Å². The number of halogens is 3. The molecule has 0 radical (unpaired) electrons. The molecular weight excluding hydrogens is 248 g/mol. The molecule has 0 aliphatic rings. The van der Waals surface area contributed by atoms with E-state index in [1.807, 2.05) is 0 Å². The van der Waals surface area contributed by atoms with Gasteiger partial charge in [0, 0.05) is 33.8 Å². The van der Waals surface area contributed by atoms with Crippen LogP contribution >= 0.6 is 10.7 Å². The zero-order valence-corrected chi connectivity index (χ0v) is 8.66. The lowest BCUT2D eigenvalue weighted by atomic mass is 10.2. The first-order valence-electron chi connectivity index (χ1n) is 3.80. The van der Waals surface area contributed by atoms with Crippen molar-refractivity contribution in [2.75, 3.05) is 0 Å². The number of rotatable bonds is 1. The Bertz CT molecular complexity index is 635. The summed E-state index contributed by atoms with van der Waals surface area (Å²) in [5.74, 6) is -2.17. The fourth-order valence-corrected chi connectivity index (χ4v) is 2.31. The van der Waals surface area contributed by atoms with Crippen LogP contribution in [0.1, 0.15) is 0 Å². The van der Waals surface area contributed by atoms with Crippen LogP contribution in [0.2, 0.25) is 0 Å². The number of H-pyrrole nitrogens is 1. The molecule has 0 saturated heterocycles. The first-order valence-corrected chi connectivity index (χ1v) is 6.11. The van der Waals surface area contributed by atoms with Crippen molar-refractivity contribution in [3.8, 4) is 0 Å². The molecule has 1 N–H and O–H groups in total. The van der Waals surface area contributed by atoms with Crippen LogP contribution in [-0.2, 0) is 9.05 Å². The Labute approximate surface area is 88.1 Å². The lowest BCUT2D eigenvalue weighted by Crippen LogP contribution is -1.89. The fraction of sp³-hybridized carbons (Fsp3) is 0. The first kappa shape index (κ1) is 10.4. The van der Waals surface area contributed by atoms with Crippen LogP contribution < -0.4 is 0 Å². The highest BCUT2D eigenvalue weighted by Gasteiger charge is 2.17. The molecular formula is C8H4ClF2NO2S. The van der Waals surface area contributed by atoms with Crippen molar-refractivity contribution in [3.63, 3.8) is 0 Å². The normalized spacial score (nSPS) is 12.2. The number of fused-ring (bicyclic) bond motifs is 1. The van der Waals surface area contributed by atoms with E-state index in [4.69, 9.17) is 10.7 Å². The fourth-order valence-electron chi connectivity index (χ4n) is 1.29. The van der Waals surface area contributed by atoms with Gasteiger partial charge in [-0.3, -0.25) is 0 Å². The maximum atomic E-state index is 12.9. The van der Waals surface area contributed by atoms with Crippen LogP contribution in [0.15, 0.2) is 23.2 Å². The Hall–Kier alpha value is -1.14. The first-order chi connectivity index (χ1) is 6.89. The van der Waals surface area contributed by atoms with E-state index in [0.717, 1.165) is 18.3 Å². The van der Waals surface area contributed by atoms with Crippen LogP contribution in [-0.4, -0.2) is 13.4 Å². The molecule has 0 amide bonds. The minimum Gasteiger partial charge on any atom is -0.360 e. The molecule has 1 heterocycles. The van der Waals surface area contributed by atoms with Gasteiger partial charge in [0.15, 0.2) is 11.6 Å². The zero-order chi connectivity index (χ0) is 11.2. The third kappa shape index (κ3) is 1.70. The number of nitrogens with one attached hydrogen (secondary N) is 1. The van der Waals surface area contributed by atoms with E-state index >= 15 is 0 Å². The molecule has 0 saturated carbocycles. The van der Waals surface area contributed by atoms with Gasteiger partial charge in [-0.15, -0.1) is 0 Å². The Kier molecular flexibility index (Phi) is 2.20. The molecule has 7 heteroatoms. The number of aromatic amines is 1. The van der Waals surface area contributed by atoms with Gasteiger partial charge in [0.1, 0.15) is 4.90 Å². The van der Waals surface area contributed by atoms with Crippen molar-refractivity contribution in [3.05, 3.63) is 30.0 Å². The Balaban J connectivity index is 2.87. The van der Waals surface area contributed by atoms with E-state index < -0.39 is 20.7 Å². The van der Waals surface area contributed by atoms with Gasteiger partial charge in [-0.2, -0.15) is 0 Å². The second kappa shape index (κ2) is 3.18. The molecule has 0 aliphatic carbocycles. The highest BCUT2D eigenvalue weighted by atomic mass is 35.7. The highest BCUT2D eigenvalue weighted by molar-refractivity contribution is 8.14. The molecule has 15 heavy (non-hydrogen) atoms. The second-order valence-corrected chi connectivity index (χ2v) is 5.44. The zero-order valence-electron chi connectivity index (χ0n) is 7.09. The van der Waals surface area contributed by atoms with Gasteiger partial charge in [-0.25, -0.2) is 17.2 Å². The second-order valence-electron chi connectivity index (χ2n) is 2.90. The number of hydrogen-bond donors (Lipinski definition) is 1. The minimum absolute atomic E-state index is 0.0314. The summed E-state index contributed by atoms with van der Waals surface area (Å²) in [6, 6.07) is 1.66. The lowest BCUT2D eigenvalue weighted by molar-refractivity contribution is 0.510. The molecule has 80 valence electrons. The smallest absolute Gasteiger partial charge is 0.263 e. The van der Waals surface area contributed by atoms with E-state index in [-0.39, 0.29) is 15.8 Å². The Morgan fingerprint density at radius 3 is 2.40 bits per heavy atom. The number of hydrogen-bond acceptors (Lipinski definition) is 2. The van der Waals surface area contributed by atoms with E-state index in [9.17, 15) is 17.2 Å². The summed E-state index contributed by atoms with van der Waals surface area (Å²) >= 11 is 0. The molecule has 3 nitrogen and oxygen atoms in total. The summed E-state index contributed by atoms with van der Waals surface area (Å²) in [5, 5.41) is 0.0314. The number of aromatic nitrogens is 1. The molecule has 0 bridgehead atoms. The minimum atomic E-state index is -3.96. The van der Waals surface area contributed by atoms with Gasteiger partial charge in [0.2, 0.25) is 0 Å². The SMILES string of the molecule is O=S(=O)(Cl)c1c[nH]c2cc(F)c(F)cc12. The van der Waals surface area contributed by atoms with E-state index in [0.29, 0.717) is 0 Å². The van der Waals surface area contributed by atoms with Crippen molar-refractivity contribution in [2.24, 2.45) is 0 Å². The van der Waals surface area contributed by atoms with Gasteiger partial charge >= 0.3 is 0 Å². The van der Waals surface area contributed by atoms with E-state index in [1.165, 1.54) is 0 Å². The molecule has 1 aromatic carbocycles. The van der Waals surface area contributed by atoms with Crippen LogP contribution in [0.4, 0.5) is 8.78 Å². The quantitative estimate of drug-likeness (QED) is 0.791. The van der Waals surface area contributed by atoms with Gasteiger partial charge in [-0.1, -0.05) is 0 Å². The van der Waals surface area contributed by atoms with Crippen molar-refractivity contribution in [1.82, 2.24) is 4.98 Å².